The van der Waals surface area contributed by atoms with E-state index in [9.17, 15) is 0 Å². The van der Waals surface area contributed by atoms with Gasteiger partial charge in [-0.2, -0.15) is 0 Å². The summed E-state index contributed by atoms with van der Waals surface area (Å²) in [7, 11) is 0. The van der Waals surface area contributed by atoms with E-state index < -0.39 is 0 Å². The fourth-order valence-electron chi connectivity index (χ4n) is 6.09. The van der Waals surface area contributed by atoms with Crippen molar-refractivity contribution in [3.63, 3.8) is 0 Å². The van der Waals surface area contributed by atoms with Crippen LogP contribution < -0.4 is 0 Å². The van der Waals surface area contributed by atoms with Crippen molar-refractivity contribution < 1.29 is 4.42 Å². The smallest absolute Gasteiger partial charge is 0.143 e. The van der Waals surface area contributed by atoms with Gasteiger partial charge in [-0.15, -0.1) is 0 Å². The van der Waals surface area contributed by atoms with Gasteiger partial charge >= 0.3 is 0 Å². The Morgan fingerprint density at radius 2 is 0.721 bits per heavy atom. The summed E-state index contributed by atoms with van der Waals surface area (Å²) in [6.45, 7) is 0. The zero-order valence-corrected chi connectivity index (χ0v) is 23.6. The highest BCUT2D eigenvalue weighted by molar-refractivity contribution is 6.10. The molecule has 0 N–H and O–H groups in total. The third kappa shape index (κ3) is 4.71. The van der Waals surface area contributed by atoms with E-state index in [4.69, 9.17) is 4.42 Å². The number of hydrogen-bond acceptors (Lipinski definition) is 1. The van der Waals surface area contributed by atoms with E-state index in [0.29, 0.717) is 0 Å². The standard InChI is InChI=1S/C42H28O/c1-3-11-29(12-4-1)31-15-7-17-33(25-31)34-18-8-19-35(26-34)36-23-24-39-40-22-10-21-38(42(40)43-41(39)28-36)37-20-9-16-32(27-37)30-13-5-2-6-14-30/h1-28H. The second-order valence-corrected chi connectivity index (χ2v) is 11.0. The average Bonchev–Trinajstić information content (AvgIpc) is 3.47. The van der Waals surface area contributed by atoms with E-state index in [2.05, 4.69) is 170 Å². The Morgan fingerprint density at radius 3 is 1.30 bits per heavy atom. The summed E-state index contributed by atoms with van der Waals surface area (Å²) in [4.78, 5) is 0. The summed E-state index contributed by atoms with van der Waals surface area (Å²) in [5.41, 5.74) is 13.6. The first-order valence-electron chi connectivity index (χ1n) is 14.7. The number of hydrogen-bond donors (Lipinski definition) is 0. The summed E-state index contributed by atoms with van der Waals surface area (Å²) < 4.78 is 6.63. The van der Waals surface area contributed by atoms with Gasteiger partial charge in [0.25, 0.3) is 0 Å². The topological polar surface area (TPSA) is 13.1 Å². The van der Waals surface area contributed by atoms with Gasteiger partial charge in [0.15, 0.2) is 0 Å². The fraction of sp³-hybridized carbons (Fsp3) is 0. The molecule has 0 radical (unpaired) electrons. The predicted molar refractivity (Wildman–Crippen MR) is 181 cm³/mol. The minimum atomic E-state index is 0.899. The van der Waals surface area contributed by atoms with Gasteiger partial charge in [0.1, 0.15) is 11.2 Å². The van der Waals surface area contributed by atoms with Crippen molar-refractivity contribution in [3.8, 4) is 55.6 Å². The largest absolute Gasteiger partial charge is 0.455 e. The van der Waals surface area contributed by atoms with Crippen molar-refractivity contribution >= 4 is 21.9 Å². The lowest BCUT2D eigenvalue weighted by Crippen LogP contribution is -1.83. The van der Waals surface area contributed by atoms with Crippen LogP contribution in [0.1, 0.15) is 0 Å². The van der Waals surface area contributed by atoms with Gasteiger partial charge in [-0.25, -0.2) is 0 Å². The molecule has 0 aliphatic carbocycles. The summed E-state index contributed by atoms with van der Waals surface area (Å²) in [5.74, 6) is 0. The van der Waals surface area contributed by atoms with Gasteiger partial charge < -0.3 is 4.42 Å². The van der Waals surface area contributed by atoms with Crippen molar-refractivity contribution in [1.82, 2.24) is 0 Å². The van der Waals surface area contributed by atoms with E-state index in [0.717, 1.165) is 38.6 Å². The molecule has 0 bridgehead atoms. The van der Waals surface area contributed by atoms with Crippen LogP contribution in [0.4, 0.5) is 0 Å². The van der Waals surface area contributed by atoms with Crippen molar-refractivity contribution in [1.29, 1.82) is 0 Å². The summed E-state index contributed by atoms with van der Waals surface area (Å²) in [6, 6.07) is 60.3. The van der Waals surface area contributed by atoms with Gasteiger partial charge in [-0.3, -0.25) is 0 Å². The molecule has 1 aromatic heterocycles. The molecule has 8 rings (SSSR count). The number of rotatable bonds is 5. The van der Waals surface area contributed by atoms with E-state index in [-0.39, 0.29) is 0 Å². The number of para-hydroxylation sites is 1. The molecule has 0 unspecified atom stereocenters. The molecule has 7 aromatic carbocycles. The van der Waals surface area contributed by atoms with Crippen LogP contribution >= 0.6 is 0 Å². The van der Waals surface area contributed by atoms with Crippen molar-refractivity contribution in [2.45, 2.75) is 0 Å². The van der Waals surface area contributed by atoms with Crippen LogP contribution in [0.3, 0.4) is 0 Å². The predicted octanol–water partition coefficient (Wildman–Crippen LogP) is 11.9. The first kappa shape index (κ1) is 25.1. The molecule has 43 heavy (non-hydrogen) atoms. The van der Waals surface area contributed by atoms with Gasteiger partial charge in [0.2, 0.25) is 0 Å². The molecule has 0 saturated heterocycles. The lowest BCUT2D eigenvalue weighted by Gasteiger charge is -2.08. The first-order chi connectivity index (χ1) is 21.3. The highest BCUT2D eigenvalue weighted by Crippen LogP contribution is 2.39. The molecular formula is C42H28O. The molecule has 202 valence electrons. The van der Waals surface area contributed by atoms with E-state index in [1.807, 2.05) is 0 Å². The zero-order chi connectivity index (χ0) is 28.6. The number of benzene rings is 7. The van der Waals surface area contributed by atoms with Crippen LogP contribution in [-0.4, -0.2) is 0 Å². The second-order valence-electron chi connectivity index (χ2n) is 11.0. The summed E-state index contributed by atoms with van der Waals surface area (Å²) in [5, 5.41) is 2.27. The van der Waals surface area contributed by atoms with Crippen LogP contribution in [0.15, 0.2) is 174 Å². The van der Waals surface area contributed by atoms with Crippen LogP contribution in [0.2, 0.25) is 0 Å². The minimum absolute atomic E-state index is 0.899. The van der Waals surface area contributed by atoms with E-state index in [1.165, 1.54) is 38.9 Å². The Kier molecular flexibility index (Phi) is 6.20. The highest BCUT2D eigenvalue weighted by atomic mass is 16.3. The molecule has 0 atom stereocenters. The maximum atomic E-state index is 6.63. The monoisotopic (exact) mass is 548 g/mol. The molecule has 8 aromatic rings. The average molecular weight is 549 g/mol. The Labute approximate surface area is 251 Å². The number of fused-ring (bicyclic) bond motifs is 3. The van der Waals surface area contributed by atoms with Crippen LogP contribution in [0.5, 0.6) is 0 Å². The molecule has 0 aliphatic rings. The van der Waals surface area contributed by atoms with Gasteiger partial charge in [-0.1, -0.05) is 140 Å². The highest BCUT2D eigenvalue weighted by Gasteiger charge is 2.14. The Morgan fingerprint density at radius 1 is 0.279 bits per heavy atom. The normalized spacial score (nSPS) is 11.3. The van der Waals surface area contributed by atoms with Gasteiger partial charge in [-0.05, 0) is 80.4 Å². The van der Waals surface area contributed by atoms with Crippen molar-refractivity contribution in [2.24, 2.45) is 0 Å². The minimum Gasteiger partial charge on any atom is -0.455 e. The molecule has 0 amide bonds. The molecule has 1 heterocycles. The molecule has 0 aliphatic heterocycles. The lowest BCUT2D eigenvalue weighted by atomic mass is 9.95. The van der Waals surface area contributed by atoms with Crippen LogP contribution in [0, 0.1) is 0 Å². The maximum Gasteiger partial charge on any atom is 0.143 e. The lowest BCUT2D eigenvalue weighted by molar-refractivity contribution is 0.670. The quantitative estimate of drug-likeness (QED) is 0.208. The third-order valence-electron chi connectivity index (χ3n) is 8.28. The number of furan rings is 1. The van der Waals surface area contributed by atoms with Crippen LogP contribution in [-0.2, 0) is 0 Å². The second kappa shape index (κ2) is 10.6. The summed E-state index contributed by atoms with van der Waals surface area (Å²) in [6.07, 6.45) is 0. The van der Waals surface area contributed by atoms with Crippen molar-refractivity contribution in [3.05, 3.63) is 170 Å². The van der Waals surface area contributed by atoms with Crippen molar-refractivity contribution in [2.75, 3.05) is 0 Å². The maximum absolute atomic E-state index is 6.63. The molecule has 1 heteroatoms. The zero-order valence-electron chi connectivity index (χ0n) is 23.6. The van der Waals surface area contributed by atoms with E-state index >= 15 is 0 Å². The van der Waals surface area contributed by atoms with Crippen LogP contribution in [0.25, 0.3) is 77.6 Å². The van der Waals surface area contributed by atoms with Gasteiger partial charge in [0.05, 0.1) is 0 Å². The Bertz CT molecular complexity index is 2220. The molecule has 1 nitrogen and oxygen atoms in total. The Hall–Kier alpha value is -5.66. The first-order valence-corrected chi connectivity index (χ1v) is 14.7. The Balaban J connectivity index is 1.18. The summed E-state index contributed by atoms with van der Waals surface area (Å²) >= 11 is 0. The fourth-order valence-corrected chi connectivity index (χ4v) is 6.09. The SMILES string of the molecule is c1ccc(-c2cccc(-c3cccc(-c4ccc5c(c4)oc4c(-c6cccc(-c7ccccc7)c6)cccc45)c3)c2)cc1. The molecule has 0 spiro atoms. The third-order valence-corrected chi connectivity index (χ3v) is 8.28. The van der Waals surface area contributed by atoms with Gasteiger partial charge in [0, 0.05) is 16.3 Å². The molecule has 0 fully saturated rings. The van der Waals surface area contributed by atoms with E-state index in [1.54, 1.807) is 0 Å². The molecular weight excluding hydrogens is 520 g/mol. The molecule has 0 saturated carbocycles.